The van der Waals surface area contributed by atoms with Crippen LogP contribution in [0.3, 0.4) is 0 Å². The molecule has 0 amide bonds. The molecule has 0 aliphatic rings. The Morgan fingerprint density at radius 3 is 1.44 bits per heavy atom. The van der Waals surface area contributed by atoms with Crippen LogP contribution >= 0.6 is 25.3 Å². The molecule has 0 radical (unpaired) electrons. The molecule has 0 atom stereocenters. The molecule has 0 heterocycles. The molecule has 0 fully saturated rings. The number of nitrogen functional groups attached to an aromatic ring is 2. The lowest BCUT2D eigenvalue weighted by Gasteiger charge is -2.11. The zero-order valence-electron chi connectivity index (χ0n) is 8.51. The summed E-state index contributed by atoms with van der Waals surface area (Å²) in [6.45, 7) is 0. The quantitative estimate of drug-likeness (QED) is 0.463. The van der Waals surface area contributed by atoms with Gasteiger partial charge in [-0.3, -0.25) is 0 Å². The van der Waals surface area contributed by atoms with E-state index in [-0.39, 0.29) is 0 Å². The van der Waals surface area contributed by atoms with E-state index in [9.17, 15) is 0 Å². The van der Waals surface area contributed by atoms with Crippen LogP contribution in [-0.4, -0.2) is 0 Å². The van der Waals surface area contributed by atoms with E-state index in [1.807, 2.05) is 36.4 Å². The number of hydrogen-bond acceptors (Lipinski definition) is 4. The summed E-state index contributed by atoms with van der Waals surface area (Å²) in [6.07, 6.45) is 0. The molecule has 0 unspecified atom stereocenters. The predicted octanol–water partition coefficient (Wildman–Crippen LogP) is 3.10. The van der Waals surface area contributed by atoms with Crippen molar-refractivity contribution < 1.29 is 0 Å². The molecule has 0 spiro atoms. The Labute approximate surface area is 105 Å². The third-order valence-corrected chi connectivity index (χ3v) is 3.42. The van der Waals surface area contributed by atoms with Gasteiger partial charge in [-0.15, -0.1) is 25.3 Å². The second-order valence-corrected chi connectivity index (χ2v) is 4.38. The molecule has 82 valence electrons. The van der Waals surface area contributed by atoms with E-state index in [1.54, 1.807) is 0 Å². The van der Waals surface area contributed by atoms with Crippen molar-refractivity contribution in [2.75, 3.05) is 11.5 Å². The molecule has 0 saturated heterocycles. The number of hydrogen-bond donors (Lipinski definition) is 4. The first-order valence-electron chi connectivity index (χ1n) is 4.76. The molecule has 2 rings (SSSR count). The summed E-state index contributed by atoms with van der Waals surface area (Å²) in [6, 6.07) is 11.3. The lowest BCUT2D eigenvalue weighted by molar-refractivity contribution is 1.39. The minimum atomic E-state index is 0.649. The van der Waals surface area contributed by atoms with Gasteiger partial charge in [0, 0.05) is 21.2 Å². The van der Waals surface area contributed by atoms with Gasteiger partial charge in [-0.1, -0.05) is 24.3 Å². The Hall–Kier alpha value is -1.26. The van der Waals surface area contributed by atoms with Gasteiger partial charge in [0.05, 0.1) is 0 Å². The van der Waals surface area contributed by atoms with E-state index in [1.165, 1.54) is 0 Å². The molecule has 0 aliphatic carbocycles. The summed E-state index contributed by atoms with van der Waals surface area (Å²) < 4.78 is 0. The lowest BCUT2D eigenvalue weighted by Crippen LogP contribution is -1.92. The first-order chi connectivity index (χ1) is 7.61. The summed E-state index contributed by atoms with van der Waals surface area (Å²) in [5.41, 5.74) is 14.8. The van der Waals surface area contributed by atoms with Gasteiger partial charge < -0.3 is 11.5 Å². The minimum absolute atomic E-state index is 0.649. The van der Waals surface area contributed by atoms with Crippen molar-refractivity contribution in [1.29, 1.82) is 0 Å². The molecule has 0 bridgehead atoms. The van der Waals surface area contributed by atoms with Crippen LogP contribution in [0.4, 0.5) is 11.4 Å². The number of nitrogens with two attached hydrogens (primary N) is 2. The maximum Gasteiger partial charge on any atom is 0.0455 e. The third kappa shape index (κ3) is 1.86. The molecule has 0 aliphatic heterocycles. The zero-order valence-corrected chi connectivity index (χ0v) is 10.3. The van der Waals surface area contributed by atoms with Crippen molar-refractivity contribution in [3.8, 4) is 11.1 Å². The molecular weight excluding hydrogens is 236 g/mol. The Bertz CT molecular complexity index is 489. The van der Waals surface area contributed by atoms with Crippen LogP contribution in [0.15, 0.2) is 46.2 Å². The van der Waals surface area contributed by atoms with Gasteiger partial charge in [0.1, 0.15) is 0 Å². The Morgan fingerprint density at radius 1 is 0.688 bits per heavy atom. The average Bonchev–Trinajstić information content (AvgIpc) is 2.27. The van der Waals surface area contributed by atoms with E-state index in [0.717, 1.165) is 20.9 Å². The van der Waals surface area contributed by atoms with Crippen LogP contribution in [0, 0.1) is 0 Å². The summed E-state index contributed by atoms with van der Waals surface area (Å²) in [5, 5.41) is 0. The maximum atomic E-state index is 5.81. The standard InChI is InChI=1S/C12H12N2S2/c13-9-5-1-3-7(11(9)15)8-4-2-6-10(14)12(8)16/h1-6,15-16H,13-14H2. The summed E-state index contributed by atoms with van der Waals surface area (Å²) >= 11 is 8.81. The van der Waals surface area contributed by atoms with E-state index < -0.39 is 0 Å². The van der Waals surface area contributed by atoms with Crippen molar-refractivity contribution in [3.05, 3.63) is 36.4 Å². The fourth-order valence-electron chi connectivity index (χ4n) is 1.56. The summed E-state index contributed by atoms with van der Waals surface area (Å²) in [4.78, 5) is 1.51. The highest BCUT2D eigenvalue weighted by molar-refractivity contribution is 7.81. The molecule has 16 heavy (non-hydrogen) atoms. The van der Waals surface area contributed by atoms with Gasteiger partial charge >= 0.3 is 0 Å². The maximum absolute atomic E-state index is 5.81. The van der Waals surface area contributed by atoms with Gasteiger partial charge in [0.25, 0.3) is 0 Å². The van der Waals surface area contributed by atoms with Crippen molar-refractivity contribution in [2.24, 2.45) is 0 Å². The van der Waals surface area contributed by atoms with Crippen molar-refractivity contribution >= 4 is 36.6 Å². The molecule has 4 heteroatoms. The van der Waals surface area contributed by atoms with Crippen LogP contribution < -0.4 is 11.5 Å². The second-order valence-electron chi connectivity index (χ2n) is 3.49. The number of rotatable bonds is 1. The van der Waals surface area contributed by atoms with Gasteiger partial charge in [-0.05, 0) is 23.3 Å². The first kappa shape index (κ1) is 11.2. The Morgan fingerprint density at radius 2 is 1.06 bits per heavy atom. The van der Waals surface area contributed by atoms with Gasteiger partial charge in [-0.25, -0.2) is 0 Å². The van der Waals surface area contributed by atoms with Gasteiger partial charge in [0.15, 0.2) is 0 Å². The van der Waals surface area contributed by atoms with E-state index >= 15 is 0 Å². The highest BCUT2D eigenvalue weighted by atomic mass is 32.1. The van der Waals surface area contributed by atoms with Crippen LogP contribution in [0.2, 0.25) is 0 Å². The second kappa shape index (κ2) is 4.31. The van der Waals surface area contributed by atoms with Gasteiger partial charge in [0.2, 0.25) is 0 Å². The van der Waals surface area contributed by atoms with Crippen LogP contribution in [0.1, 0.15) is 0 Å². The minimum Gasteiger partial charge on any atom is -0.398 e. The van der Waals surface area contributed by atoms with Crippen LogP contribution in [0.25, 0.3) is 11.1 Å². The summed E-state index contributed by atoms with van der Waals surface area (Å²) in [5.74, 6) is 0. The smallest absolute Gasteiger partial charge is 0.0455 e. The molecule has 4 N–H and O–H groups in total. The van der Waals surface area contributed by atoms with Crippen LogP contribution in [0.5, 0.6) is 0 Å². The molecule has 2 aromatic rings. The normalized spacial score (nSPS) is 10.4. The highest BCUT2D eigenvalue weighted by Crippen LogP contribution is 2.36. The molecule has 2 nitrogen and oxygen atoms in total. The Kier molecular flexibility index (Phi) is 3.03. The van der Waals surface area contributed by atoms with Crippen molar-refractivity contribution in [3.63, 3.8) is 0 Å². The topological polar surface area (TPSA) is 52.0 Å². The monoisotopic (exact) mass is 248 g/mol. The van der Waals surface area contributed by atoms with Crippen molar-refractivity contribution in [1.82, 2.24) is 0 Å². The predicted molar refractivity (Wildman–Crippen MR) is 75.2 cm³/mol. The SMILES string of the molecule is Nc1cccc(-c2cccc(N)c2S)c1S. The molecular formula is C12H12N2S2. The largest absolute Gasteiger partial charge is 0.398 e. The van der Waals surface area contributed by atoms with Gasteiger partial charge in [-0.2, -0.15) is 0 Å². The van der Waals surface area contributed by atoms with E-state index in [4.69, 9.17) is 11.5 Å². The average molecular weight is 248 g/mol. The molecule has 2 aromatic carbocycles. The number of benzene rings is 2. The van der Waals surface area contributed by atoms with E-state index in [0.29, 0.717) is 11.4 Å². The lowest BCUT2D eigenvalue weighted by atomic mass is 10.0. The van der Waals surface area contributed by atoms with Crippen molar-refractivity contribution in [2.45, 2.75) is 9.79 Å². The Balaban J connectivity index is 2.68. The molecule has 0 saturated carbocycles. The molecule has 0 aromatic heterocycles. The van der Waals surface area contributed by atoms with E-state index in [2.05, 4.69) is 25.3 Å². The fourth-order valence-corrected chi connectivity index (χ4v) is 2.10. The summed E-state index contributed by atoms with van der Waals surface area (Å²) in [7, 11) is 0. The zero-order chi connectivity index (χ0) is 11.7. The number of thiol groups is 2. The highest BCUT2D eigenvalue weighted by Gasteiger charge is 2.09. The van der Waals surface area contributed by atoms with Crippen LogP contribution in [-0.2, 0) is 0 Å². The number of anilines is 2. The fraction of sp³-hybridized carbons (Fsp3) is 0. The first-order valence-corrected chi connectivity index (χ1v) is 5.66. The third-order valence-electron chi connectivity index (χ3n) is 2.42.